The average molecular weight is 496 g/mol. The van der Waals surface area contributed by atoms with E-state index in [0.29, 0.717) is 39.0 Å². The van der Waals surface area contributed by atoms with Gasteiger partial charge in [0.05, 0.1) is 17.5 Å². The summed E-state index contributed by atoms with van der Waals surface area (Å²) in [6.45, 7) is 7.09. The number of pyridine rings is 2. The number of aromatic nitrogens is 2. The molecule has 0 aliphatic rings. The molecule has 0 saturated carbocycles. The Bertz CT molecular complexity index is 1550. The highest BCUT2D eigenvalue weighted by molar-refractivity contribution is 5.99. The van der Waals surface area contributed by atoms with Gasteiger partial charge in [-0.15, -0.1) is 0 Å². The molecule has 188 valence electrons. The molecule has 0 atom stereocenters. The summed E-state index contributed by atoms with van der Waals surface area (Å²) in [5.74, 6) is -1.16. The van der Waals surface area contributed by atoms with Crippen LogP contribution in [0.1, 0.15) is 31.9 Å². The van der Waals surface area contributed by atoms with Gasteiger partial charge in [-0.25, -0.2) is 18.6 Å². The number of fused-ring (bicyclic) bond motifs is 1. The topological polar surface area (TPSA) is 101 Å². The summed E-state index contributed by atoms with van der Waals surface area (Å²) in [7, 11) is 3.37. The summed E-state index contributed by atoms with van der Waals surface area (Å²) >= 11 is 0. The van der Waals surface area contributed by atoms with E-state index in [-0.39, 0.29) is 17.1 Å². The van der Waals surface area contributed by atoms with E-state index < -0.39 is 23.1 Å². The maximum atomic E-state index is 14.8. The molecular weight excluding hydrogens is 468 g/mol. The van der Waals surface area contributed by atoms with Gasteiger partial charge in [0.25, 0.3) is 5.56 Å². The second-order valence-corrected chi connectivity index (χ2v) is 9.57. The number of rotatable bonds is 4. The van der Waals surface area contributed by atoms with Gasteiger partial charge in [0.1, 0.15) is 11.6 Å². The van der Waals surface area contributed by atoms with E-state index in [1.807, 2.05) is 0 Å². The van der Waals surface area contributed by atoms with Crippen LogP contribution < -0.4 is 21.5 Å². The fourth-order valence-corrected chi connectivity index (χ4v) is 3.94. The van der Waals surface area contributed by atoms with Crippen LogP contribution >= 0.6 is 0 Å². The number of urea groups is 1. The number of halogens is 2. The van der Waals surface area contributed by atoms with Gasteiger partial charge in [-0.1, -0.05) is 20.8 Å². The van der Waals surface area contributed by atoms with E-state index in [2.05, 4.69) is 20.9 Å². The van der Waals surface area contributed by atoms with Gasteiger partial charge in [0.2, 0.25) is 5.88 Å². The second-order valence-electron chi connectivity index (χ2n) is 9.57. The lowest BCUT2D eigenvalue weighted by Gasteiger charge is -2.15. The summed E-state index contributed by atoms with van der Waals surface area (Å²) in [5, 5.41) is 8.30. The van der Waals surface area contributed by atoms with Gasteiger partial charge in [-0.2, -0.15) is 0 Å². The van der Waals surface area contributed by atoms with Crippen LogP contribution in [-0.4, -0.2) is 22.6 Å². The van der Waals surface area contributed by atoms with E-state index in [9.17, 15) is 18.4 Å². The molecule has 0 aliphatic heterocycles. The zero-order valence-corrected chi connectivity index (χ0v) is 20.8. The SMILES string of the molecule is CNc1cc2c(cn1)cc(-c1cc(NC(=O)Nc3occ(C(C)(C)C)c3F)c(F)cc1C)c(=O)n2C. The summed E-state index contributed by atoms with van der Waals surface area (Å²) in [6.07, 6.45) is 2.87. The normalized spacial score (nSPS) is 11.6. The number of hydrogen-bond donors (Lipinski definition) is 3. The highest BCUT2D eigenvalue weighted by Crippen LogP contribution is 2.32. The molecule has 1 aromatic carbocycles. The first kappa shape index (κ1) is 24.9. The molecule has 3 N–H and O–H groups in total. The van der Waals surface area contributed by atoms with Gasteiger partial charge in [-0.05, 0) is 41.7 Å². The lowest BCUT2D eigenvalue weighted by atomic mass is 9.89. The van der Waals surface area contributed by atoms with Crippen LogP contribution in [0.3, 0.4) is 0 Å². The summed E-state index contributed by atoms with van der Waals surface area (Å²) in [4.78, 5) is 30.0. The molecule has 4 rings (SSSR count). The summed E-state index contributed by atoms with van der Waals surface area (Å²) in [6, 6.07) is 5.14. The molecule has 0 unspecified atom stereocenters. The molecule has 0 saturated heterocycles. The molecule has 3 aromatic heterocycles. The van der Waals surface area contributed by atoms with Crippen LogP contribution in [0.15, 0.2) is 45.9 Å². The molecular formula is C26H27F2N5O3. The average Bonchev–Trinajstić information content (AvgIpc) is 3.18. The first-order valence-electron chi connectivity index (χ1n) is 11.2. The quantitative estimate of drug-likeness (QED) is 0.334. The number of furan rings is 1. The van der Waals surface area contributed by atoms with Crippen LogP contribution in [0.25, 0.3) is 22.0 Å². The molecule has 8 nitrogen and oxygen atoms in total. The molecule has 0 bridgehead atoms. The first-order valence-corrected chi connectivity index (χ1v) is 11.2. The fraction of sp³-hybridized carbons (Fsp3) is 0.269. The Morgan fingerprint density at radius 2 is 1.81 bits per heavy atom. The Morgan fingerprint density at radius 1 is 1.08 bits per heavy atom. The molecule has 36 heavy (non-hydrogen) atoms. The summed E-state index contributed by atoms with van der Waals surface area (Å²) < 4.78 is 36.1. The van der Waals surface area contributed by atoms with Crippen LogP contribution in [0.4, 0.5) is 31.0 Å². The Kier molecular flexibility index (Phi) is 6.30. The zero-order valence-electron chi connectivity index (χ0n) is 20.8. The summed E-state index contributed by atoms with van der Waals surface area (Å²) in [5.41, 5.74) is 1.22. The third-order valence-electron chi connectivity index (χ3n) is 5.98. The molecule has 0 fully saturated rings. The number of nitrogens with one attached hydrogen (secondary N) is 3. The van der Waals surface area contributed by atoms with Gasteiger partial charge < -0.3 is 19.6 Å². The van der Waals surface area contributed by atoms with E-state index in [0.717, 1.165) is 0 Å². The molecule has 0 spiro atoms. The third kappa shape index (κ3) is 4.53. The van der Waals surface area contributed by atoms with E-state index >= 15 is 0 Å². The standard InChI is InChI=1S/C26H27F2N5O3/c1-13-7-18(27)19(31-25(35)32-23-22(28)17(12-36-23)26(2,3)4)9-15(13)16-8-14-11-30-21(29-5)10-20(14)33(6)24(16)34/h7-12H,1-6H3,(H,29,30)(H2,31,32,35). The van der Waals surface area contributed by atoms with E-state index in [4.69, 9.17) is 4.42 Å². The largest absolute Gasteiger partial charge is 0.445 e. The lowest BCUT2D eigenvalue weighted by molar-refractivity contribution is 0.261. The van der Waals surface area contributed by atoms with Crippen molar-refractivity contribution < 1.29 is 18.0 Å². The Hall–Kier alpha value is -4.21. The smallest absolute Gasteiger partial charge is 0.326 e. The van der Waals surface area contributed by atoms with Gasteiger partial charge >= 0.3 is 6.03 Å². The highest BCUT2D eigenvalue weighted by atomic mass is 19.1. The number of hydrogen-bond acceptors (Lipinski definition) is 5. The predicted octanol–water partition coefficient (Wildman–Crippen LogP) is 5.76. The minimum Gasteiger partial charge on any atom is -0.445 e. The van der Waals surface area contributed by atoms with Crippen LogP contribution in [0, 0.1) is 18.6 Å². The fourth-order valence-electron chi connectivity index (χ4n) is 3.94. The van der Waals surface area contributed by atoms with Crippen molar-refractivity contribution in [2.45, 2.75) is 33.1 Å². The van der Waals surface area contributed by atoms with Gasteiger partial charge in [0, 0.05) is 42.9 Å². The molecule has 4 aromatic rings. The van der Waals surface area contributed by atoms with Crippen molar-refractivity contribution in [3.05, 3.63) is 69.8 Å². The van der Waals surface area contributed by atoms with Crippen molar-refractivity contribution in [2.75, 3.05) is 23.0 Å². The molecule has 0 aliphatic carbocycles. The van der Waals surface area contributed by atoms with Crippen molar-refractivity contribution in [1.29, 1.82) is 0 Å². The highest BCUT2D eigenvalue weighted by Gasteiger charge is 2.25. The monoisotopic (exact) mass is 495 g/mol. The Balaban J connectivity index is 1.69. The van der Waals surface area contributed by atoms with Gasteiger partial charge in [0.15, 0.2) is 5.82 Å². The second kappa shape index (κ2) is 9.10. The number of benzene rings is 1. The number of anilines is 3. The predicted molar refractivity (Wildman–Crippen MR) is 137 cm³/mol. The van der Waals surface area contributed by atoms with Crippen LogP contribution in [-0.2, 0) is 12.5 Å². The first-order chi connectivity index (χ1) is 16.9. The molecule has 2 amide bonds. The minimum atomic E-state index is -0.896. The molecule has 3 heterocycles. The Labute approximate surface area is 206 Å². The number of carbonyl (C=O) groups is 1. The molecule has 0 radical (unpaired) electrons. The number of amides is 2. The molecule has 10 heteroatoms. The maximum Gasteiger partial charge on any atom is 0.326 e. The lowest BCUT2D eigenvalue weighted by Crippen LogP contribution is -2.22. The van der Waals surface area contributed by atoms with Crippen molar-refractivity contribution in [2.24, 2.45) is 7.05 Å². The van der Waals surface area contributed by atoms with Crippen molar-refractivity contribution in [1.82, 2.24) is 9.55 Å². The van der Waals surface area contributed by atoms with Crippen molar-refractivity contribution in [3.63, 3.8) is 0 Å². The van der Waals surface area contributed by atoms with Crippen LogP contribution in [0.2, 0.25) is 0 Å². The van der Waals surface area contributed by atoms with Crippen LogP contribution in [0.5, 0.6) is 0 Å². The van der Waals surface area contributed by atoms with E-state index in [1.165, 1.54) is 23.0 Å². The number of aryl methyl sites for hydroxylation is 2. The van der Waals surface area contributed by atoms with Crippen molar-refractivity contribution >= 4 is 34.3 Å². The van der Waals surface area contributed by atoms with Gasteiger partial charge in [-0.3, -0.25) is 10.1 Å². The minimum absolute atomic E-state index is 0.179. The maximum absolute atomic E-state index is 14.8. The number of carbonyl (C=O) groups excluding carboxylic acids is 1. The third-order valence-corrected chi connectivity index (χ3v) is 5.98. The zero-order chi connectivity index (χ0) is 26.4. The number of nitrogens with zero attached hydrogens (tertiary/aromatic N) is 2. The Morgan fingerprint density at radius 3 is 2.44 bits per heavy atom. The van der Waals surface area contributed by atoms with Crippen molar-refractivity contribution in [3.8, 4) is 11.1 Å². The van der Waals surface area contributed by atoms with E-state index in [1.54, 1.807) is 60.1 Å².